The van der Waals surface area contributed by atoms with E-state index in [4.69, 9.17) is 10.5 Å². The molecule has 0 aliphatic carbocycles. The number of rotatable bonds is 2. The molecule has 4 heteroatoms. The number of aryl methyl sites for hydroxylation is 1. The van der Waals surface area contributed by atoms with Crippen LogP contribution in [0.5, 0.6) is 0 Å². The van der Waals surface area contributed by atoms with E-state index in [0.717, 1.165) is 16.8 Å². The Kier molecular flexibility index (Phi) is 3.18. The number of nitriles is 2. The van der Waals surface area contributed by atoms with Gasteiger partial charge in [0.2, 0.25) is 0 Å². The summed E-state index contributed by atoms with van der Waals surface area (Å²) in [4.78, 5) is 4.36. The number of thiazole rings is 1. The van der Waals surface area contributed by atoms with Gasteiger partial charge in [-0.3, -0.25) is 0 Å². The molecule has 1 aromatic heterocycles. The summed E-state index contributed by atoms with van der Waals surface area (Å²) in [6.07, 6.45) is 0. The highest BCUT2D eigenvalue weighted by molar-refractivity contribution is 7.10. The molecule has 0 radical (unpaired) electrons. The lowest BCUT2D eigenvalue weighted by molar-refractivity contribution is 1.07. The maximum atomic E-state index is 8.81. The Morgan fingerprint density at radius 3 is 2.59 bits per heavy atom. The van der Waals surface area contributed by atoms with Crippen LogP contribution in [0.4, 0.5) is 0 Å². The van der Waals surface area contributed by atoms with Gasteiger partial charge in [0.1, 0.15) is 5.01 Å². The molecule has 0 spiro atoms. The van der Waals surface area contributed by atoms with Crippen LogP contribution in [0.1, 0.15) is 16.5 Å². The minimum atomic E-state index is -0.766. The average Bonchev–Trinajstić information content (AvgIpc) is 2.81. The van der Waals surface area contributed by atoms with Crippen molar-refractivity contribution in [3.05, 3.63) is 40.2 Å². The third-order valence-electron chi connectivity index (χ3n) is 2.45. The Hall–Kier alpha value is -2.17. The highest BCUT2D eigenvalue weighted by Gasteiger charge is 2.15. The second-order valence-corrected chi connectivity index (χ2v) is 4.47. The summed E-state index contributed by atoms with van der Waals surface area (Å²) < 4.78 is 0. The van der Waals surface area contributed by atoms with E-state index in [2.05, 4.69) is 4.98 Å². The van der Waals surface area contributed by atoms with E-state index in [-0.39, 0.29) is 0 Å². The van der Waals surface area contributed by atoms with Crippen LogP contribution in [0, 0.1) is 29.6 Å². The van der Waals surface area contributed by atoms with Crippen molar-refractivity contribution in [1.29, 1.82) is 10.5 Å². The topological polar surface area (TPSA) is 60.5 Å². The summed E-state index contributed by atoms with van der Waals surface area (Å²) >= 11 is 1.35. The Morgan fingerprint density at radius 1 is 1.24 bits per heavy atom. The van der Waals surface area contributed by atoms with E-state index in [9.17, 15) is 0 Å². The van der Waals surface area contributed by atoms with Gasteiger partial charge in [-0.1, -0.05) is 24.3 Å². The summed E-state index contributed by atoms with van der Waals surface area (Å²) in [5, 5.41) is 20.1. The molecule has 17 heavy (non-hydrogen) atoms. The van der Waals surface area contributed by atoms with Crippen LogP contribution < -0.4 is 0 Å². The van der Waals surface area contributed by atoms with Gasteiger partial charge < -0.3 is 0 Å². The molecule has 0 saturated carbocycles. The first-order chi connectivity index (χ1) is 8.26. The third-order valence-corrected chi connectivity index (χ3v) is 3.36. The fourth-order valence-electron chi connectivity index (χ4n) is 1.54. The van der Waals surface area contributed by atoms with Gasteiger partial charge in [-0.2, -0.15) is 10.5 Å². The number of aromatic nitrogens is 1. The van der Waals surface area contributed by atoms with Gasteiger partial charge >= 0.3 is 0 Å². The molecular formula is C13H9N3S. The van der Waals surface area contributed by atoms with Gasteiger partial charge in [0.05, 0.1) is 17.8 Å². The van der Waals surface area contributed by atoms with Crippen LogP contribution in [0.25, 0.3) is 11.3 Å². The smallest absolute Gasteiger partial charge is 0.184 e. The van der Waals surface area contributed by atoms with Crippen molar-refractivity contribution in [3.8, 4) is 23.4 Å². The second kappa shape index (κ2) is 4.78. The van der Waals surface area contributed by atoms with Gasteiger partial charge in [0.15, 0.2) is 5.92 Å². The van der Waals surface area contributed by atoms with Crippen molar-refractivity contribution in [2.75, 3.05) is 0 Å². The molecule has 1 aromatic carbocycles. The molecule has 0 saturated heterocycles. The summed E-state index contributed by atoms with van der Waals surface area (Å²) in [6.45, 7) is 2.01. The van der Waals surface area contributed by atoms with Crippen molar-refractivity contribution >= 4 is 11.3 Å². The summed E-state index contributed by atoms with van der Waals surface area (Å²) in [7, 11) is 0. The van der Waals surface area contributed by atoms with Crippen LogP contribution in [-0.2, 0) is 0 Å². The Morgan fingerprint density at radius 2 is 1.94 bits per heavy atom. The van der Waals surface area contributed by atoms with Crippen LogP contribution in [0.15, 0.2) is 29.6 Å². The molecule has 82 valence electrons. The molecule has 0 aliphatic heterocycles. The van der Waals surface area contributed by atoms with E-state index in [0.29, 0.717) is 5.01 Å². The van der Waals surface area contributed by atoms with Gasteiger partial charge in [-0.25, -0.2) is 4.98 Å². The zero-order valence-electron chi connectivity index (χ0n) is 9.21. The maximum absolute atomic E-state index is 8.81. The standard InChI is InChI=1S/C13H9N3S/c1-9-4-2-3-5-11(9)12-8-17-13(16-12)10(6-14)7-15/h2-5,8,10H,1H3. The quantitative estimate of drug-likeness (QED) is 0.808. The largest absolute Gasteiger partial charge is 0.239 e. The van der Waals surface area contributed by atoms with Gasteiger partial charge in [0, 0.05) is 10.9 Å². The normalized spacial score (nSPS) is 9.88. The van der Waals surface area contributed by atoms with Gasteiger partial charge in [-0.05, 0) is 12.5 Å². The van der Waals surface area contributed by atoms with Crippen LogP contribution in [0.3, 0.4) is 0 Å². The number of hydrogen-bond acceptors (Lipinski definition) is 4. The van der Waals surface area contributed by atoms with E-state index in [1.54, 1.807) is 0 Å². The molecule has 0 atom stereocenters. The van der Waals surface area contributed by atoms with E-state index >= 15 is 0 Å². The molecule has 0 N–H and O–H groups in total. The average molecular weight is 239 g/mol. The molecule has 0 fully saturated rings. The first-order valence-corrected chi connectivity index (χ1v) is 5.95. The molecule has 1 heterocycles. The molecule has 0 bridgehead atoms. The SMILES string of the molecule is Cc1ccccc1-c1csc(C(C#N)C#N)n1. The molecule has 0 unspecified atom stereocenters. The Labute approximate surface area is 104 Å². The Balaban J connectivity index is 2.42. The van der Waals surface area contributed by atoms with Crippen molar-refractivity contribution in [1.82, 2.24) is 4.98 Å². The van der Waals surface area contributed by atoms with Crippen LogP contribution in [0.2, 0.25) is 0 Å². The van der Waals surface area contributed by atoms with E-state index < -0.39 is 5.92 Å². The minimum Gasteiger partial charge on any atom is -0.239 e. The summed E-state index contributed by atoms with van der Waals surface area (Å²) in [6, 6.07) is 11.8. The fourth-order valence-corrected chi connectivity index (χ4v) is 2.35. The van der Waals surface area contributed by atoms with Crippen molar-refractivity contribution in [2.24, 2.45) is 0 Å². The maximum Gasteiger partial charge on any atom is 0.184 e. The van der Waals surface area contributed by atoms with Gasteiger partial charge in [-0.15, -0.1) is 11.3 Å². The highest BCUT2D eigenvalue weighted by atomic mass is 32.1. The lowest BCUT2D eigenvalue weighted by Gasteiger charge is -2.00. The predicted octanol–water partition coefficient (Wildman–Crippen LogP) is 3.25. The van der Waals surface area contributed by atoms with Crippen molar-refractivity contribution in [2.45, 2.75) is 12.8 Å². The first kappa shape index (κ1) is 11.3. The second-order valence-electron chi connectivity index (χ2n) is 3.58. The molecule has 0 aliphatic rings. The van der Waals surface area contributed by atoms with E-state index in [1.165, 1.54) is 11.3 Å². The lowest BCUT2D eigenvalue weighted by Crippen LogP contribution is -1.91. The molecule has 3 nitrogen and oxygen atoms in total. The molecular weight excluding hydrogens is 230 g/mol. The zero-order chi connectivity index (χ0) is 12.3. The van der Waals surface area contributed by atoms with Crippen molar-refractivity contribution < 1.29 is 0 Å². The number of hydrogen-bond donors (Lipinski definition) is 0. The third kappa shape index (κ3) is 2.18. The van der Waals surface area contributed by atoms with E-state index in [1.807, 2.05) is 48.7 Å². The van der Waals surface area contributed by atoms with Gasteiger partial charge in [0.25, 0.3) is 0 Å². The number of benzene rings is 1. The summed E-state index contributed by atoms with van der Waals surface area (Å²) in [5.41, 5.74) is 3.01. The predicted molar refractivity (Wildman–Crippen MR) is 66.3 cm³/mol. The minimum absolute atomic E-state index is 0.563. The zero-order valence-corrected chi connectivity index (χ0v) is 10.0. The van der Waals surface area contributed by atoms with Crippen molar-refractivity contribution in [3.63, 3.8) is 0 Å². The van der Waals surface area contributed by atoms with Crippen LogP contribution in [-0.4, -0.2) is 4.98 Å². The number of nitrogens with zero attached hydrogens (tertiary/aromatic N) is 3. The fraction of sp³-hybridized carbons (Fsp3) is 0.154. The monoisotopic (exact) mass is 239 g/mol. The molecule has 2 rings (SSSR count). The molecule has 2 aromatic rings. The summed E-state index contributed by atoms with van der Waals surface area (Å²) in [5.74, 6) is -0.766. The Bertz CT molecular complexity index is 602. The first-order valence-electron chi connectivity index (χ1n) is 5.07. The van der Waals surface area contributed by atoms with Crippen LogP contribution >= 0.6 is 11.3 Å². The highest BCUT2D eigenvalue weighted by Crippen LogP contribution is 2.27. The lowest BCUT2D eigenvalue weighted by atomic mass is 10.1. The molecule has 0 amide bonds.